The third kappa shape index (κ3) is 3.53. The lowest BCUT2D eigenvalue weighted by Gasteiger charge is -2.08. The van der Waals surface area contributed by atoms with Gasteiger partial charge in [-0.3, -0.25) is 14.5 Å². The van der Waals surface area contributed by atoms with Crippen molar-refractivity contribution in [1.29, 1.82) is 0 Å². The zero-order valence-electron chi connectivity index (χ0n) is 17.9. The summed E-state index contributed by atoms with van der Waals surface area (Å²) in [4.78, 5) is 18.1. The second-order valence-corrected chi connectivity index (χ2v) is 8.07. The molecule has 5 aromatic rings. The molecule has 0 saturated carbocycles. The second kappa shape index (κ2) is 7.63. The minimum atomic E-state index is -0.0463. The largest absolute Gasteiger partial charge is 0.454 e. The Bertz CT molecular complexity index is 1590. The fourth-order valence-electron chi connectivity index (χ4n) is 4.10. The molecule has 2 aromatic heterocycles. The lowest BCUT2D eigenvalue weighted by molar-refractivity contribution is 0.174. The Morgan fingerprint density at radius 1 is 0.939 bits per heavy atom. The Hall–Kier alpha value is -4.39. The highest BCUT2D eigenvalue weighted by atomic mass is 16.7. The predicted octanol–water partition coefficient (Wildman–Crippen LogP) is 4.49. The molecule has 162 valence electrons. The van der Waals surface area contributed by atoms with Crippen LogP contribution in [-0.2, 0) is 13.6 Å². The normalized spacial score (nSPS) is 12.4. The van der Waals surface area contributed by atoms with Crippen molar-refractivity contribution in [3.63, 3.8) is 0 Å². The summed E-state index contributed by atoms with van der Waals surface area (Å²) in [5, 5.41) is 9.73. The quantitative estimate of drug-likeness (QED) is 0.447. The van der Waals surface area contributed by atoms with Gasteiger partial charge in [0, 0.05) is 53.6 Å². The molecule has 3 aromatic carbocycles. The first kappa shape index (κ1) is 19.3. The number of pyridine rings is 1. The van der Waals surface area contributed by atoms with Crippen molar-refractivity contribution in [2.24, 2.45) is 7.05 Å². The van der Waals surface area contributed by atoms with Gasteiger partial charge >= 0.3 is 0 Å². The number of ether oxygens (including phenoxy) is 2. The Labute approximate surface area is 189 Å². The van der Waals surface area contributed by atoms with Gasteiger partial charge in [-0.1, -0.05) is 18.2 Å². The summed E-state index contributed by atoms with van der Waals surface area (Å²) in [7, 11) is 1.86. The van der Waals surface area contributed by atoms with Crippen LogP contribution in [0.3, 0.4) is 0 Å². The standard InChI is InChI=1S/C26H20N4O3/c1-30-14-19(13-29-30)18-9-22-23(28-12-18)6-4-17-3-5-20(10-21(17)26(22)31)27-11-16-2-7-24-25(8-16)33-15-32-24/h2-10,12-14,27H,11,15H2,1H3. The van der Waals surface area contributed by atoms with Crippen molar-refractivity contribution in [3.05, 3.63) is 89.0 Å². The molecular weight excluding hydrogens is 416 g/mol. The van der Waals surface area contributed by atoms with Crippen molar-refractivity contribution in [2.45, 2.75) is 6.54 Å². The minimum Gasteiger partial charge on any atom is -0.454 e. The number of hydrogen-bond acceptors (Lipinski definition) is 6. The molecule has 0 atom stereocenters. The summed E-state index contributed by atoms with van der Waals surface area (Å²) in [6.07, 6.45) is 5.46. The van der Waals surface area contributed by atoms with Crippen LogP contribution in [0.15, 0.2) is 78.0 Å². The summed E-state index contributed by atoms with van der Waals surface area (Å²) in [5.41, 5.74) is 4.34. The first-order chi connectivity index (χ1) is 16.1. The zero-order valence-corrected chi connectivity index (χ0v) is 17.9. The van der Waals surface area contributed by atoms with Crippen molar-refractivity contribution >= 4 is 27.4 Å². The smallest absolute Gasteiger partial charge is 0.231 e. The molecule has 7 heteroatoms. The van der Waals surface area contributed by atoms with E-state index in [1.54, 1.807) is 17.1 Å². The molecule has 1 N–H and O–H groups in total. The molecule has 7 nitrogen and oxygen atoms in total. The molecule has 0 unspecified atom stereocenters. The molecule has 1 aliphatic rings. The van der Waals surface area contributed by atoms with Crippen LogP contribution in [0.1, 0.15) is 5.56 Å². The van der Waals surface area contributed by atoms with E-state index in [0.29, 0.717) is 22.8 Å². The van der Waals surface area contributed by atoms with Gasteiger partial charge in [-0.15, -0.1) is 0 Å². The second-order valence-electron chi connectivity index (χ2n) is 8.07. The summed E-state index contributed by atoms with van der Waals surface area (Å²) in [6.45, 7) is 0.855. The number of hydrogen-bond donors (Lipinski definition) is 1. The molecule has 0 saturated heterocycles. The molecule has 1 aliphatic heterocycles. The lowest BCUT2D eigenvalue weighted by atomic mass is 10.1. The van der Waals surface area contributed by atoms with Gasteiger partial charge in [0.1, 0.15) is 0 Å². The van der Waals surface area contributed by atoms with Gasteiger partial charge in [0.2, 0.25) is 6.79 Å². The maximum absolute atomic E-state index is 13.5. The summed E-state index contributed by atoms with van der Waals surface area (Å²) in [6, 6.07) is 17.5. The van der Waals surface area contributed by atoms with Crippen LogP contribution in [0.4, 0.5) is 5.69 Å². The Kier molecular flexibility index (Phi) is 4.47. The number of nitrogens with zero attached hydrogens (tertiary/aromatic N) is 3. The first-order valence-electron chi connectivity index (χ1n) is 10.6. The van der Waals surface area contributed by atoms with E-state index in [9.17, 15) is 4.79 Å². The van der Waals surface area contributed by atoms with Crippen LogP contribution in [0.2, 0.25) is 0 Å². The number of nitrogens with one attached hydrogen (secondary N) is 1. The highest BCUT2D eigenvalue weighted by Gasteiger charge is 2.13. The van der Waals surface area contributed by atoms with Gasteiger partial charge in [-0.25, -0.2) is 0 Å². The van der Waals surface area contributed by atoms with E-state index in [1.165, 1.54) is 0 Å². The summed E-state index contributed by atoms with van der Waals surface area (Å²) >= 11 is 0. The zero-order chi connectivity index (χ0) is 22.4. The fourth-order valence-corrected chi connectivity index (χ4v) is 4.10. The molecular formula is C26H20N4O3. The van der Waals surface area contributed by atoms with Crippen LogP contribution in [0.25, 0.3) is 32.8 Å². The number of anilines is 1. The van der Waals surface area contributed by atoms with Crippen LogP contribution < -0.4 is 20.2 Å². The predicted molar refractivity (Wildman–Crippen MR) is 128 cm³/mol. The average molecular weight is 436 g/mol. The molecule has 33 heavy (non-hydrogen) atoms. The number of rotatable bonds is 4. The summed E-state index contributed by atoms with van der Waals surface area (Å²) in [5.74, 6) is 1.52. The van der Waals surface area contributed by atoms with Gasteiger partial charge < -0.3 is 14.8 Å². The average Bonchev–Trinajstić information content (AvgIpc) is 3.46. The van der Waals surface area contributed by atoms with Crippen LogP contribution >= 0.6 is 0 Å². The fraction of sp³-hybridized carbons (Fsp3) is 0.115. The highest BCUT2D eigenvalue weighted by molar-refractivity contribution is 5.94. The third-order valence-electron chi connectivity index (χ3n) is 5.85. The van der Waals surface area contributed by atoms with Crippen LogP contribution in [-0.4, -0.2) is 21.6 Å². The van der Waals surface area contributed by atoms with E-state index in [4.69, 9.17) is 9.47 Å². The SMILES string of the molecule is Cn1cc(-c2cnc3ccc4ccc(NCc5ccc6c(c5)OCO6)cc4c(=O)c3c2)cn1. The Morgan fingerprint density at radius 2 is 1.82 bits per heavy atom. The van der Waals surface area contributed by atoms with Crippen molar-refractivity contribution in [2.75, 3.05) is 12.1 Å². The van der Waals surface area contributed by atoms with E-state index in [2.05, 4.69) is 15.4 Å². The van der Waals surface area contributed by atoms with E-state index < -0.39 is 0 Å². The Balaban J connectivity index is 1.38. The monoisotopic (exact) mass is 436 g/mol. The first-order valence-corrected chi connectivity index (χ1v) is 10.6. The third-order valence-corrected chi connectivity index (χ3v) is 5.85. The van der Waals surface area contributed by atoms with Crippen molar-refractivity contribution in [3.8, 4) is 22.6 Å². The van der Waals surface area contributed by atoms with Gasteiger partial charge in [-0.2, -0.15) is 5.10 Å². The molecule has 0 amide bonds. The lowest BCUT2D eigenvalue weighted by Crippen LogP contribution is -2.02. The number of aromatic nitrogens is 3. The molecule has 0 spiro atoms. The number of benzene rings is 2. The van der Waals surface area contributed by atoms with Gasteiger partial charge in [0.15, 0.2) is 16.9 Å². The van der Waals surface area contributed by atoms with Crippen LogP contribution in [0.5, 0.6) is 11.5 Å². The van der Waals surface area contributed by atoms with E-state index in [0.717, 1.165) is 39.3 Å². The maximum Gasteiger partial charge on any atom is 0.231 e. The number of fused-ring (bicyclic) bond motifs is 3. The van der Waals surface area contributed by atoms with E-state index >= 15 is 0 Å². The number of aryl methyl sites for hydroxylation is 1. The van der Waals surface area contributed by atoms with Crippen molar-refractivity contribution < 1.29 is 9.47 Å². The maximum atomic E-state index is 13.5. The molecule has 0 fully saturated rings. The highest BCUT2D eigenvalue weighted by Crippen LogP contribution is 2.32. The molecule has 3 heterocycles. The topological polar surface area (TPSA) is 78.3 Å². The minimum absolute atomic E-state index is 0.0463. The van der Waals surface area contributed by atoms with Gasteiger partial charge in [0.25, 0.3) is 0 Å². The summed E-state index contributed by atoms with van der Waals surface area (Å²) < 4.78 is 12.6. The van der Waals surface area contributed by atoms with Crippen LogP contribution in [0, 0.1) is 0 Å². The molecule has 0 aliphatic carbocycles. The van der Waals surface area contributed by atoms with Gasteiger partial charge in [0.05, 0.1) is 11.7 Å². The molecule has 0 radical (unpaired) electrons. The molecule has 6 rings (SSSR count). The van der Waals surface area contributed by atoms with E-state index in [1.807, 2.05) is 67.8 Å². The van der Waals surface area contributed by atoms with Crippen molar-refractivity contribution in [1.82, 2.24) is 14.8 Å². The van der Waals surface area contributed by atoms with E-state index in [-0.39, 0.29) is 12.2 Å². The van der Waals surface area contributed by atoms with Gasteiger partial charge in [-0.05, 0) is 47.3 Å². The Morgan fingerprint density at radius 3 is 2.70 bits per heavy atom. The molecule has 0 bridgehead atoms.